The third kappa shape index (κ3) is 8.95. The molecule has 3 N–H and O–H groups in total. The van der Waals surface area contributed by atoms with Gasteiger partial charge in [0.15, 0.2) is 11.3 Å². The minimum absolute atomic E-state index is 0.0696. The maximum absolute atomic E-state index is 14.8. The summed E-state index contributed by atoms with van der Waals surface area (Å²) in [5, 5.41) is 8.42. The Kier molecular flexibility index (Phi) is 11.9. The van der Waals surface area contributed by atoms with Crippen molar-refractivity contribution in [2.45, 2.75) is 122 Å². The Labute approximate surface area is 369 Å². The van der Waals surface area contributed by atoms with Gasteiger partial charge in [-0.15, -0.1) is 17.9 Å². The van der Waals surface area contributed by atoms with Gasteiger partial charge in [-0.2, -0.15) is 0 Å². The number of ether oxygens (including phenoxy) is 3. The molecule has 2 aliphatic carbocycles. The number of benzene rings is 1. The first kappa shape index (κ1) is 45.1. The summed E-state index contributed by atoms with van der Waals surface area (Å²) in [6.45, 7) is 18.2. The molecule has 1 aromatic carbocycles. The number of hydrogen-bond acceptors (Lipinski definition) is 13. The molecule has 1 aliphatic heterocycles. The van der Waals surface area contributed by atoms with Crippen molar-refractivity contribution < 1.29 is 46.2 Å². The van der Waals surface area contributed by atoms with Crippen molar-refractivity contribution in [3.8, 4) is 22.9 Å². The van der Waals surface area contributed by atoms with Crippen LogP contribution in [-0.4, -0.2) is 95.3 Å². The van der Waals surface area contributed by atoms with Gasteiger partial charge in [0.2, 0.25) is 21.8 Å². The fraction of sp³-hybridized carbons (Fsp3) is 0.535. The standard InChI is InChI=1S/C43H53ClN6O10S2/c1-11-22-18-43(22,39(53)49-62(55,56)24-12-13-24)48-36(51)27-16-23(19-50(27)38(52)35(41(4,5)6)47-40(54)60-42(7,8)9)58-30-17-25(26-20-61-37(46-26)21(2)3)45-33-31-28(59-34(30)33)14-15-29(57-10)32(31)44/h11,14-15,17,20-24,27,35H,1,12-13,16,18-19H2,2-10H3,(H,47,54)(H,48,51)(H,49,53)/t22-,23-,27+,35-,43-/m1/s1. The van der Waals surface area contributed by atoms with Gasteiger partial charge in [0.1, 0.15) is 51.9 Å². The van der Waals surface area contributed by atoms with Crippen molar-refractivity contribution in [2.75, 3.05) is 13.7 Å². The number of nitrogens with one attached hydrogen (secondary N) is 3. The number of rotatable bonds is 13. The molecular weight excluding hydrogens is 860 g/mol. The van der Waals surface area contributed by atoms with E-state index in [0.29, 0.717) is 46.5 Å². The second kappa shape index (κ2) is 16.3. The average Bonchev–Trinajstić information content (AvgIpc) is 3.99. The Morgan fingerprint density at radius 2 is 1.79 bits per heavy atom. The van der Waals surface area contributed by atoms with E-state index in [9.17, 15) is 27.6 Å². The number of carbonyl (C=O) groups excluding carboxylic acids is 4. The summed E-state index contributed by atoms with van der Waals surface area (Å²) in [5.41, 5.74) is -1.26. The molecule has 3 aliphatic rings. The van der Waals surface area contributed by atoms with Crippen LogP contribution in [0.3, 0.4) is 0 Å². The first-order valence-corrected chi connectivity index (χ1v) is 23.3. The first-order chi connectivity index (χ1) is 29.0. The summed E-state index contributed by atoms with van der Waals surface area (Å²) in [5.74, 6) is -1.96. The predicted octanol–water partition coefficient (Wildman–Crippen LogP) is 6.85. The number of aromatic nitrogens is 2. The molecule has 3 aromatic heterocycles. The number of methoxy groups -OCH3 is 1. The van der Waals surface area contributed by atoms with Gasteiger partial charge >= 0.3 is 6.09 Å². The van der Waals surface area contributed by atoms with Crippen LogP contribution in [0.5, 0.6) is 11.5 Å². The molecule has 7 rings (SSSR count). The van der Waals surface area contributed by atoms with Gasteiger partial charge in [0.05, 0.1) is 40.0 Å². The van der Waals surface area contributed by atoms with Crippen molar-refractivity contribution >= 4 is 78.8 Å². The van der Waals surface area contributed by atoms with Crippen LogP contribution in [0.15, 0.2) is 40.7 Å². The van der Waals surface area contributed by atoms with Gasteiger partial charge in [-0.05, 0) is 57.6 Å². The van der Waals surface area contributed by atoms with Gasteiger partial charge < -0.3 is 34.2 Å². The zero-order valence-electron chi connectivity index (χ0n) is 36.2. The van der Waals surface area contributed by atoms with Gasteiger partial charge in [-0.3, -0.25) is 19.1 Å². The van der Waals surface area contributed by atoms with Crippen LogP contribution >= 0.6 is 22.9 Å². The Balaban J connectivity index is 1.27. The molecule has 0 radical (unpaired) electrons. The van der Waals surface area contributed by atoms with Crippen molar-refractivity contribution in [1.82, 2.24) is 30.2 Å². The smallest absolute Gasteiger partial charge is 0.408 e. The zero-order valence-corrected chi connectivity index (χ0v) is 38.6. The Morgan fingerprint density at radius 3 is 2.37 bits per heavy atom. The molecule has 19 heteroatoms. The number of amides is 4. The lowest BCUT2D eigenvalue weighted by molar-refractivity contribution is -0.143. The van der Waals surface area contributed by atoms with E-state index >= 15 is 0 Å². The van der Waals surface area contributed by atoms with E-state index in [1.807, 2.05) is 19.2 Å². The van der Waals surface area contributed by atoms with Crippen molar-refractivity contribution in [3.05, 3.63) is 46.3 Å². The molecular formula is C43H53ClN6O10S2. The summed E-state index contributed by atoms with van der Waals surface area (Å²) >= 11 is 8.35. The van der Waals surface area contributed by atoms with E-state index in [1.165, 1.54) is 29.4 Å². The molecule has 0 unspecified atom stereocenters. The number of furan rings is 1. The lowest BCUT2D eigenvalue weighted by atomic mass is 9.85. The largest absolute Gasteiger partial charge is 0.495 e. The third-order valence-corrected chi connectivity index (χ3v) is 14.5. The van der Waals surface area contributed by atoms with Crippen LogP contribution in [0.1, 0.15) is 92.0 Å². The van der Waals surface area contributed by atoms with E-state index < -0.39 is 79.7 Å². The lowest BCUT2D eigenvalue weighted by Crippen LogP contribution is -2.60. The topological polar surface area (TPSA) is 208 Å². The van der Waals surface area contributed by atoms with Gasteiger partial charge in [0.25, 0.3) is 5.91 Å². The van der Waals surface area contributed by atoms with Gasteiger partial charge in [-0.25, -0.2) is 23.2 Å². The summed E-state index contributed by atoms with van der Waals surface area (Å²) in [6, 6.07) is 2.65. The summed E-state index contributed by atoms with van der Waals surface area (Å²) in [7, 11) is -2.45. The number of hydrogen-bond donors (Lipinski definition) is 3. The molecule has 4 amide bonds. The van der Waals surface area contributed by atoms with Crippen molar-refractivity contribution in [3.63, 3.8) is 0 Å². The molecule has 1 saturated heterocycles. The number of alkyl carbamates (subject to hydrolysis) is 1. The molecule has 3 fully saturated rings. The maximum Gasteiger partial charge on any atom is 0.408 e. The number of carbonyl (C=O) groups is 4. The fourth-order valence-electron chi connectivity index (χ4n) is 7.59. The zero-order chi connectivity index (χ0) is 45.3. The highest BCUT2D eigenvalue weighted by Gasteiger charge is 2.62. The van der Waals surface area contributed by atoms with Crippen LogP contribution in [0.4, 0.5) is 4.79 Å². The number of sulfonamides is 1. The second-order valence-electron chi connectivity index (χ2n) is 18.6. The van der Waals surface area contributed by atoms with Crippen LogP contribution in [-0.2, 0) is 29.1 Å². The molecule has 0 bridgehead atoms. The number of pyridine rings is 1. The summed E-state index contributed by atoms with van der Waals surface area (Å²) in [4.78, 5) is 67.4. The Morgan fingerprint density at radius 1 is 1.08 bits per heavy atom. The van der Waals surface area contributed by atoms with Crippen molar-refractivity contribution in [1.29, 1.82) is 0 Å². The third-order valence-electron chi connectivity index (χ3n) is 11.1. The molecule has 2 saturated carbocycles. The molecule has 62 heavy (non-hydrogen) atoms. The molecule has 5 atom stereocenters. The van der Waals surface area contributed by atoms with E-state index in [0.717, 1.165) is 5.01 Å². The molecule has 16 nitrogen and oxygen atoms in total. The van der Waals surface area contributed by atoms with E-state index in [-0.39, 0.29) is 41.7 Å². The quantitative estimate of drug-likeness (QED) is 0.118. The maximum atomic E-state index is 14.8. The minimum atomic E-state index is -3.95. The number of thiazole rings is 1. The SMILES string of the molecule is C=C[C@@H]1C[C@]1(NC(=O)[C@@H]1C[C@@H](Oc2cc(-c3csc(C(C)C)n3)nc3c2oc2ccc(OC)c(Cl)c23)CN1C(=O)[C@@H](NC(=O)OC(C)(C)C)C(C)(C)C)C(=O)NS(=O)(=O)C1CC1. The van der Waals surface area contributed by atoms with E-state index in [1.54, 1.807) is 59.7 Å². The lowest BCUT2D eigenvalue weighted by Gasteiger charge is -2.36. The molecule has 4 aromatic rings. The predicted molar refractivity (Wildman–Crippen MR) is 235 cm³/mol. The highest BCUT2D eigenvalue weighted by Crippen LogP contribution is 2.46. The summed E-state index contributed by atoms with van der Waals surface area (Å²) < 4.78 is 52.0. The fourth-order valence-corrected chi connectivity index (χ4v) is 10.1. The van der Waals surface area contributed by atoms with Crippen LogP contribution < -0.4 is 24.8 Å². The Bertz CT molecular complexity index is 2570. The van der Waals surface area contributed by atoms with Crippen molar-refractivity contribution in [2.24, 2.45) is 11.3 Å². The number of likely N-dealkylation sites (tertiary alicyclic amines) is 1. The first-order valence-electron chi connectivity index (χ1n) is 20.5. The van der Waals surface area contributed by atoms with Crippen LogP contribution in [0.25, 0.3) is 33.5 Å². The van der Waals surface area contributed by atoms with Crippen LogP contribution in [0.2, 0.25) is 5.02 Å². The number of nitrogens with zero attached hydrogens (tertiary/aromatic N) is 3. The van der Waals surface area contributed by atoms with Gasteiger partial charge in [-0.1, -0.05) is 52.3 Å². The molecule has 334 valence electrons. The normalized spacial score (nSPS) is 22.0. The van der Waals surface area contributed by atoms with Gasteiger partial charge in [0, 0.05) is 29.7 Å². The highest BCUT2D eigenvalue weighted by atomic mass is 35.5. The van der Waals surface area contributed by atoms with E-state index in [2.05, 4.69) is 21.9 Å². The second-order valence-corrected chi connectivity index (χ2v) is 21.8. The molecule has 4 heterocycles. The molecule has 0 spiro atoms. The highest BCUT2D eigenvalue weighted by molar-refractivity contribution is 7.91. The average molecular weight is 914 g/mol. The Hall–Kier alpha value is -4.94. The number of halogens is 1. The minimum Gasteiger partial charge on any atom is -0.495 e. The van der Waals surface area contributed by atoms with E-state index in [4.69, 9.17) is 40.2 Å². The number of fused-ring (bicyclic) bond motifs is 3. The monoisotopic (exact) mass is 912 g/mol. The van der Waals surface area contributed by atoms with Crippen LogP contribution in [0, 0.1) is 11.3 Å². The summed E-state index contributed by atoms with van der Waals surface area (Å²) in [6.07, 6.45) is 0.705.